The molecule has 0 aliphatic carbocycles. The van der Waals surface area contributed by atoms with Gasteiger partial charge in [-0.05, 0) is 38.8 Å². The first kappa shape index (κ1) is 17.2. The van der Waals surface area contributed by atoms with Gasteiger partial charge in [-0.15, -0.1) is 11.3 Å². The van der Waals surface area contributed by atoms with E-state index in [0.717, 1.165) is 10.4 Å². The molecule has 0 radical (unpaired) electrons. The molecular formula is C14H19NO5S. The van der Waals surface area contributed by atoms with E-state index in [2.05, 4.69) is 5.32 Å². The number of ether oxygens (including phenoxy) is 1. The molecule has 0 saturated carbocycles. The number of hydrogen-bond donors (Lipinski definition) is 2. The van der Waals surface area contributed by atoms with Crippen molar-refractivity contribution in [3.05, 3.63) is 21.4 Å². The fourth-order valence-corrected chi connectivity index (χ4v) is 2.60. The Kier molecular flexibility index (Phi) is 6.36. The van der Waals surface area contributed by atoms with Crippen LogP contribution in [0.4, 0.5) is 0 Å². The van der Waals surface area contributed by atoms with Crippen LogP contribution >= 0.6 is 11.3 Å². The average Bonchev–Trinajstić information content (AvgIpc) is 2.74. The van der Waals surface area contributed by atoms with Crippen LogP contribution in [0.3, 0.4) is 0 Å². The van der Waals surface area contributed by atoms with E-state index in [-0.39, 0.29) is 19.4 Å². The van der Waals surface area contributed by atoms with Crippen LogP contribution in [0.15, 0.2) is 6.07 Å². The van der Waals surface area contributed by atoms with E-state index in [1.807, 2.05) is 13.8 Å². The predicted molar refractivity (Wildman–Crippen MR) is 78.6 cm³/mol. The third-order valence-electron chi connectivity index (χ3n) is 2.94. The molecule has 1 aromatic rings. The lowest BCUT2D eigenvalue weighted by atomic mass is 10.1. The van der Waals surface area contributed by atoms with Crippen molar-refractivity contribution in [1.29, 1.82) is 0 Å². The Labute approximate surface area is 127 Å². The number of carbonyl (C=O) groups is 3. The van der Waals surface area contributed by atoms with Crippen molar-refractivity contribution in [2.75, 3.05) is 6.61 Å². The molecule has 1 aromatic heterocycles. The molecule has 0 saturated heterocycles. The lowest BCUT2D eigenvalue weighted by Gasteiger charge is -2.13. The summed E-state index contributed by atoms with van der Waals surface area (Å²) in [5, 5.41) is 11.5. The summed E-state index contributed by atoms with van der Waals surface area (Å²) in [4.78, 5) is 35.9. The molecule has 1 amide bonds. The Hall–Kier alpha value is -1.89. The smallest absolute Gasteiger partial charge is 0.326 e. The van der Waals surface area contributed by atoms with Crippen molar-refractivity contribution in [3.63, 3.8) is 0 Å². The number of carboxylic acids is 1. The summed E-state index contributed by atoms with van der Waals surface area (Å²) in [5.74, 6) is -2.08. The zero-order valence-electron chi connectivity index (χ0n) is 12.3. The molecule has 7 heteroatoms. The number of carboxylic acid groups (broad SMARTS) is 1. The average molecular weight is 313 g/mol. The van der Waals surface area contributed by atoms with Crippen LogP contribution < -0.4 is 5.32 Å². The van der Waals surface area contributed by atoms with Gasteiger partial charge in [0.25, 0.3) is 5.91 Å². The third kappa shape index (κ3) is 5.18. The van der Waals surface area contributed by atoms with Crippen LogP contribution in [-0.2, 0) is 14.3 Å². The van der Waals surface area contributed by atoms with Crippen LogP contribution in [0.5, 0.6) is 0 Å². The molecule has 0 aromatic carbocycles. The van der Waals surface area contributed by atoms with E-state index in [9.17, 15) is 14.4 Å². The van der Waals surface area contributed by atoms with Gasteiger partial charge in [-0.1, -0.05) is 0 Å². The molecule has 0 aliphatic rings. The van der Waals surface area contributed by atoms with Gasteiger partial charge in [0.15, 0.2) is 0 Å². The topological polar surface area (TPSA) is 92.7 Å². The van der Waals surface area contributed by atoms with Crippen molar-refractivity contribution >= 4 is 29.2 Å². The minimum Gasteiger partial charge on any atom is -0.480 e. The van der Waals surface area contributed by atoms with Gasteiger partial charge in [0, 0.05) is 11.3 Å². The van der Waals surface area contributed by atoms with Gasteiger partial charge in [0.2, 0.25) is 0 Å². The Balaban J connectivity index is 2.63. The molecule has 1 heterocycles. The highest BCUT2D eigenvalue weighted by molar-refractivity contribution is 7.14. The summed E-state index contributed by atoms with van der Waals surface area (Å²) in [5.41, 5.74) is 0.989. The van der Waals surface area contributed by atoms with Crippen molar-refractivity contribution in [2.45, 2.75) is 39.7 Å². The second-order valence-corrected chi connectivity index (χ2v) is 5.81. The van der Waals surface area contributed by atoms with Gasteiger partial charge in [0.1, 0.15) is 6.04 Å². The van der Waals surface area contributed by atoms with Gasteiger partial charge >= 0.3 is 11.9 Å². The summed E-state index contributed by atoms with van der Waals surface area (Å²) < 4.78 is 4.74. The highest BCUT2D eigenvalue weighted by Crippen LogP contribution is 2.20. The van der Waals surface area contributed by atoms with Crippen LogP contribution in [-0.4, -0.2) is 35.6 Å². The lowest BCUT2D eigenvalue weighted by molar-refractivity contribution is -0.144. The number of esters is 1. The third-order valence-corrected chi connectivity index (χ3v) is 4.09. The fourth-order valence-electron chi connectivity index (χ4n) is 1.67. The maximum Gasteiger partial charge on any atom is 0.326 e. The summed E-state index contributed by atoms with van der Waals surface area (Å²) in [6, 6.07) is 0.615. The number of rotatable bonds is 7. The minimum absolute atomic E-state index is 0.00322. The maximum atomic E-state index is 12.0. The van der Waals surface area contributed by atoms with Gasteiger partial charge in [-0.2, -0.15) is 0 Å². The zero-order valence-corrected chi connectivity index (χ0v) is 13.1. The van der Waals surface area contributed by atoms with Crippen molar-refractivity contribution < 1.29 is 24.2 Å². The van der Waals surface area contributed by atoms with Crippen molar-refractivity contribution in [3.8, 4) is 0 Å². The first-order valence-corrected chi connectivity index (χ1v) is 7.43. The van der Waals surface area contributed by atoms with Crippen LogP contribution in [0, 0.1) is 13.8 Å². The number of carbonyl (C=O) groups excluding carboxylic acids is 2. The molecule has 0 bridgehead atoms. The fraction of sp³-hybridized carbons (Fsp3) is 0.500. The molecule has 0 spiro atoms. The van der Waals surface area contributed by atoms with E-state index in [1.54, 1.807) is 13.0 Å². The number of aliphatic carboxylic acids is 1. The largest absolute Gasteiger partial charge is 0.480 e. The van der Waals surface area contributed by atoms with E-state index < -0.39 is 23.9 Å². The molecule has 6 nitrogen and oxygen atoms in total. The number of amides is 1. The van der Waals surface area contributed by atoms with Crippen LogP contribution in [0.1, 0.15) is 39.9 Å². The molecular weight excluding hydrogens is 294 g/mol. The Morgan fingerprint density at radius 1 is 1.38 bits per heavy atom. The summed E-state index contributed by atoms with van der Waals surface area (Å²) in [6.07, 6.45) is -0.0448. The second kappa shape index (κ2) is 7.78. The maximum absolute atomic E-state index is 12.0. The zero-order chi connectivity index (χ0) is 16.0. The lowest BCUT2D eigenvalue weighted by Crippen LogP contribution is -2.40. The standard InChI is InChI=1S/C14H19NO5S/c1-4-20-12(16)6-5-10(14(18)19)15-13(17)11-7-8(2)9(3)21-11/h7,10H,4-6H2,1-3H3,(H,15,17)(H,18,19)/t10-/m0/s1. The second-order valence-electron chi connectivity index (χ2n) is 4.56. The molecule has 116 valence electrons. The van der Waals surface area contributed by atoms with E-state index >= 15 is 0 Å². The van der Waals surface area contributed by atoms with Crippen LogP contribution in [0.25, 0.3) is 0 Å². The van der Waals surface area contributed by atoms with E-state index in [1.165, 1.54) is 11.3 Å². The van der Waals surface area contributed by atoms with Gasteiger partial charge in [-0.25, -0.2) is 4.79 Å². The number of nitrogens with one attached hydrogen (secondary N) is 1. The Morgan fingerprint density at radius 3 is 2.52 bits per heavy atom. The molecule has 1 atom stereocenters. The first-order valence-electron chi connectivity index (χ1n) is 6.61. The Morgan fingerprint density at radius 2 is 2.05 bits per heavy atom. The summed E-state index contributed by atoms with van der Waals surface area (Å²) >= 11 is 1.31. The normalized spacial score (nSPS) is 11.8. The van der Waals surface area contributed by atoms with Gasteiger partial charge in [-0.3, -0.25) is 9.59 Å². The van der Waals surface area contributed by atoms with Gasteiger partial charge in [0.05, 0.1) is 11.5 Å². The molecule has 0 fully saturated rings. The van der Waals surface area contributed by atoms with Crippen LogP contribution in [0.2, 0.25) is 0 Å². The Bertz CT molecular complexity index is 518. The highest BCUT2D eigenvalue weighted by atomic mass is 32.1. The summed E-state index contributed by atoms with van der Waals surface area (Å²) in [6.45, 7) is 5.71. The summed E-state index contributed by atoms with van der Waals surface area (Å²) in [7, 11) is 0. The minimum atomic E-state index is -1.17. The monoisotopic (exact) mass is 313 g/mol. The number of aryl methyl sites for hydroxylation is 2. The van der Waals surface area contributed by atoms with Gasteiger partial charge < -0.3 is 15.2 Å². The highest BCUT2D eigenvalue weighted by Gasteiger charge is 2.23. The van der Waals surface area contributed by atoms with Crippen molar-refractivity contribution in [1.82, 2.24) is 5.32 Å². The first-order chi connectivity index (χ1) is 9.85. The SMILES string of the molecule is CCOC(=O)CC[C@H](NC(=O)c1cc(C)c(C)s1)C(=O)O. The van der Waals surface area contributed by atoms with Crippen molar-refractivity contribution in [2.24, 2.45) is 0 Å². The molecule has 2 N–H and O–H groups in total. The molecule has 1 rings (SSSR count). The molecule has 21 heavy (non-hydrogen) atoms. The van der Waals surface area contributed by atoms with E-state index in [0.29, 0.717) is 4.88 Å². The number of hydrogen-bond acceptors (Lipinski definition) is 5. The molecule has 0 unspecified atom stereocenters. The number of thiophene rings is 1. The quantitative estimate of drug-likeness (QED) is 0.750. The predicted octanol–water partition coefficient (Wildman–Crippen LogP) is 1.89. The van der Waals surface area contributed by atoms with E-state index in [4.69, 9.17) is 9.84 Å². The molecule has 0 aliphatic heterocycles.